The Hall–Kier alpha value is -1.13. The van der Waals surface area contributed by atoms with Crippen molar-refractivity contribution in [2.45, 2.75) is 0 Å². The Balaban J connectivity index is 2.65. The van der Waals surface area contributed by atoms with Crippen LogP contribution in [0.25, 0.3) is 0 Å². The Morgan fingerprint density at radius 2 is 2.20 bits per heavy atom. The van der Waals surface area contributed by atoms with Crippen molar-refractivity contribution in [3.05, 3.63) is 40.9 Å². The van der Waals surface area contributed by atoms with Crippen molar-refractivity contribution in [2.75, 3.05) is 13.2 Å². The third-order valence-corrected chi connectivity index (χ3v) is 1.90. The first kappa shape index (κ1) is 11.9. The summed E-state index contributed by atoms with van der Waals surface area (Å²) in [6.45, 7) is 0.0341. The summed E-state index contributed by atoms with van der Waals surface area (Å²) in [5.74, 6) is -0.260. The average molecular weight is 234 g/mol. The summed E-state index contributed by atoms with van der Waals surface area (Å²) in [6, 6.07) is 3.76. The Labute approximate surface area is 91.3 Å². The molecule has 0 spiro atoms. The second-order valence-corrected chi connectivity index (χ2v) is 3.30. The van der Waals surface area contributed by atoms with Crippen molar-refractivity contribution < 1.29 is 13.5 Å². The smallest absolute Gasteiger partial charge is 0.128 e. The van der Waals surface area contributed by atoms with E-state index in [1.165, 1.54) is 6.07 Å². The third kappa shape index (κ3) is 3.85. The highest BCUT2D eigenvalue weighted by Gasteiger charge is 2.01. The third-order valence-electron chi connectivity index (χ3n) is 1.68. The van der Waals surface area contributed by atoms with Crippen molar-refractivity contribution in [2.24, 2.45) is 5.73 Å². The van der Waals surface area contributed by atoms with E-state index in [4.69, 9.17) is 22.1 Å². The van der Waals surface area contributed by atoms with Crippen LogP contribution in [0.1, 0.15) is 0 Å². The van der Waals surface area contributed by atoms with Gasteiger partial charge >= 0.3 is 0 Å². The molecule has 0 aliphatic carbocycles. The van der Waals surface area contributed by atoms with Gasteiger partial charge in [-0.15, -0.1) is 0 Å². The molecule has 82 valence electrons. The summed E-state index contributed by atoms with van der Waals surface area (Å²) >= 11 is 5.60. The molecule has 0 unspecified atom stereocenters. The van der Waals surface area contributed by atoms with Gasteiger partial charge in [0.25, 0.3) is 0 Å². The highest BCUT2D eigenvalue weighted by atomic mass is 35.5. The molecule has 1 rings (SSSR count). The lowest BCUT2D eigenvalue weighted by Gasteiger charge is -2.07. The first-order valence-corrected chi connectivity index (χ1v) is 4.60. The summed E-state index contributed by atoms with van der Waals surface area (Å²) in [4.78, 5) is 0. The second-order valence-electron chi connectivity index (χ2n) is 2.87. The van der Waals surface area contributed by atoms with Crippen molar-refractivity contribution in [3.8, 4) is 5.75 Å². The summed E-state index contributed by atoms with van der Waals surface area (Å²) in [5, 5.41) is 0.225. The van der Waals surface area contributed by atoms with Gasteiger partial charge in [-0.1, -0.05) is 11.6 Å². The predicted molar refractivity (Wildman–Crippen MR) is 55.2 cm³/mol. The van der Waals surface area contributed by atoms with E-state index >= 15 is 0 Å². The first-order chi connectivity index (χ1) is 7.15. The van der Waals surface area contributed by atoms with Gasteiger partial charge in [-0.2, -0.15) is 0 Å². The fourth-order valence-corrected chi connectivity index (χ4v) is 1.13. The highest BCUT2D eigenvalue weighted by molar-refractivity contribution is 6.30. The topological polar surface area (TPSA) is 35.2 Å². The quantitative estimate of drug-likeness (QED) is 0.868. The monoisotopic (exact) mass is 233 g/mol. The molecule has 0 aliphatic rings. The molecular weight excluding hydrogens is 224 g/mol. The van der Waals surface area contributed by atoms with Gasteiger partial charge < -0.3 is 10.5 Å². The zero-order chi connectivity index (χ0) is 11.3. The van der Waals surface area contributed by atoms with E-state index in [0.717, 1.165) is 12.1 Å². The van der Waals surface area contributed by atoms with Crippen LogP contribution in [-0.4, -0.2) is 13.2 Å². The van der Waals surface area contributed by atoms with Crippen LogP contribution in [0.3, 0.4) is 0 Å². The van der Waals surface area contributed by atoms with Gasteiger partial charge in [0.05, 0.1) is 6.33 Å². The minimum absolute atomic E-state index is 0.0210. The molecule has 15 heavy (non-hydrogen) atoms. The molecule has 2 nitrogen and oxygen atoms in total. The molecule has 0 heterocycles. The van der Waals surface area contributed by atoms with Gasteiger partial charge in [-0.25, -0.2) is 8.78 Å². The van der Waals surface area contributed by atoms with E-state index in [2.05, 4.69) is 0 Å². The normalized spacial score (nSPS) is 11.6. The van der Waals surface area contributed by atoms with Crippen LogP contribution < -0.4 is 10.5 Å². The lowest BCUT2D eigenvalue weighted by atomic mass is 10.3. The number of hydrogen-bond donors (Lipinski definition) is 1. The Morgan fingerprint density at radius 1 is 1.47 bits per heavy atom. The van der Waals surface area contributed by atoms with Crippen LogP contribution in [0.15, 0.2) is 30.1 Å². The minimum Gasteiger partial charge on any atom is -0.489 e. The fourth-order valence-electron chi connectivity index (χ4n) is 0.923. The molecule has 1 aromatic rings. The molecule has 1 aromatic carbocycles. The summed E-state index contributed by atoms with van der Waals surface area (Å²) < 4.78 is 30.0. The maximum Gasteiger partial charge on any atom is 0.128 e. The van der Waals surface area contributed by atoms with E-state index in [0.29, 0.717) is 6.33 Å². The number of nitrogens with two attached hydrogens (primary N) is 1. The molecule has 0 saturated heterocycles. The van der Waals surface area contributed by atoms with Crippen LogP contribution >= 0.6 is 11.6 Å². The maximum atomic E-state index is 12.8. The Kier molecular flexibility index (Phi) is 4.52. The molecule has 0 bridgehead atoms. The zero-order valence-corrected chi connectivity index (χ0v) is 8.60. The lowest BCUT2D eigenvalue weighted by Crippen LogP contribution is -2.10. The highest BCUT2D eigenvalue weighted by Crippen LogP contribution is 2.20. The number of ether oxygens (including phenoxy) is 1. The molecule has 0 aliphatic heterocycles. The maximum absolute atomic E-state index is 12.8. The lowest BCUT2D eigenvalue weighted by molar-refractivity contribution is 0.345. The van der Waals surface area contributed by atoms with Crippen molar-refractivity contribution in [1.82, 2.24) is 0 Å². The number of rotatable bonds is 4. The van der Waals surface area contributed by atoms with Crippen molar-refractivity contribution in [1.29, 1.82) is 0 Å². The summed E-state index contributed by atoms with van der Waals surface area (Å²) in [6.07, 6.45) is 0.376. The van der Waals surface area contributed by atoms with E-state index in [9.17, 15) is 8.78 Å². The van der Waals surface area contributed by atoms with E-state index in [-0.39, 0.29) is 29.5 Å². The molecule has 0 atom stereocenters. The van der Waals surface area contributed by atoms with Crippen molar-refractivity contribution in [3.63, 3.8) is 0 Å². The summed E-state index contributed by atoms with van der Waals surface area (Å²) in [7, 11) is 0. The van der Waals surface area contributed by atoms with E-state index in [1.54, 1.807) is 0 Å². The van der Waals surface area contributed by atoms with Crippen LogP contribution in [0.4, 0.5) is 8.78 Å². The first-order valence-electron chi connectivity index (χ1n) is 4.23. The SMILES string of the molecule is NCC(=CF)COc1cc(F)cc(Cl)c1. The Morgan fingerprint density at radius 3 is 2.73 bits per heavy atom. The van der Waals surface area contributed by atoms with E-state index in [1.807, 2.05) is 0 Å². The van der Waals surface area contributed by atoms with Gasteiger partial charge in [-0.05, 0) is 12.1 Å². The van der Waals surface area contributed by atoms with Gasteiger partial charge in [-0.3, -0.25) is 0 Å². The zero-order valence-electron chi connectivity index (χ0n) is 7.84. The fraction of sp³-hybridized carbons (Fsp3) is 0.200. The standard InChI is InChI=1S/C10H10ClF2NO/c11-8-1-9(13)3-10(2-8)15-6-7(4-12)5-14/h1-4H,5-6,14H2. The molecule has 0 radical (unpaired) electrons. The molecule has 0 fully saturated rings. The van der Waals surface area contributed by atoms with Crippen molar-refractivity contribution >= 4 is 11.6 Å². The molecule has 0 saturated carbocycles. The average Bonchev–Trinajstić information content (AvgIpc) is 2.18. The number of halogens is 3. The largest absolute Gasteiger partial charge is 0.489 e. The number of hydrogen-bond acceptors (Lipinski definition) is 2. The van der Waals surface area contributed by atoms with Crippen LogP contribution in [0, 0.1) is 5.82 Å². The molecule has 2 N–H and O–H groups in total. The summed E-state index contributed by atoms with van der Waals surface area (Å²) in [5.41, 5.74) is 5.51. The predicted octanol–water partition coefficient (Wildman–Crippen LogP) is 2.67. The minimum atomic E-state index is -0.504. The van der Waals surface area contributed by atoms with Crippen LogP contribution in [0.2, 0.25) is 5.02 Å². The molecular formula is C10H10ClF2NO. The van der Waals surface area contributed by atoms with E-state index < -0.39 is 5.82 Å². The molecule has 0 amide bonds. The molecule has 0 aromatic heterocycles. The number of benzene rings is 1. The van der Waals surface area contributed by atoms with Gasteiger partial charge in [0.1, 0.15) is 18.2 Å². The molecule has 5 heteroatoms. The Bertz CT molecular complexity index is 348. The van der Waals surface area contributed by atoms with Crippen LogP contribution in [0.5, 0.6) is 5.75 Å². The second kappa shape index (κ2) is 5.68. The van der Waals surface area contributed by atoms with Crippen LogP contribution in [-0.2, 0) is 0 Å². The van der Waals surface area contributed by atoms with Gasteiger partial charge in [0.15, 0.2) is 0 Å². The van der Waals surface area contributed by atoms with Gasteiger partial charge in [0.2, 0.25) is 0 Å². The van der Waals surface area contributed by atoms with Gasteiger partial charge in [0, 0.05) is 23.2 Å².